The van der Waals surface area contributed by atoms with Gasteiger partial charge in [0.05, 0.1) is 48.0 Å². The van der Waals surface area contributed by atoms with Crippen LogP contribution in [0.2, 0.25) is 0 Å². The van der Waals surface area contributed by atoms with E-state index in [0.29, 0.717) is 12.8 Å². The molecule has 0 radical (unpaired) electrons. The van der Waals surface area contributed by atoms with Gasteiger partial charge < -0.3 is 19.4 Å². The second-order valence-electron chi connectivity index (χ2n) is 10.5. The van der Waals surface area contributed by atoms with E-state index in [4.69, 9.17) is 19.4 Å². The highest BCUT2D eigenvalue weighted by molar-refractivity contribution is 9.11. The Morgan fingerprint density at radius 2 is 1.05 bits per heavy atom. The molecule has 3 aromatic rings. The van der Waals surface area contributed by atoms with Crippen LogP contribution in [0.5, 0.6) is 0 Å². The fourth-order valence-corrected chi connectivity index (χ4v) is 6.18. The minimum Gasteiger partial charge on any atom is -0.469 e. The molecule has 2 aliphatic heterocycles. The zero-order valence-corrected chi connectivity index (χ0v) is 27.6. The topological polar surface area (TPSA) is 110 Å². The average molecular weight is 696 g/mol. The van der Waals surface area contributed by atoms with E-state index in [-0.39, 0.29) is 24.8 Å². The SMILES string of the molecule is COC(=O)CCC1=C(C)c2cc3[nH]c(cc4[nH]c(cc5nc(cc1n2)C(CCC(=O)OC)=C5C)c(Br)c4C)c(Br)c3C. The molecule has 10 heteroatoms. The molecule has 0 saturated carbocycles. The molecule has 42 heavy (non-hydrogen) atoms. The number of H-pyrrole nitrogens is 2. The molecule has 3 aromatic heterocycles. The van der Waals surface area contributed by atoms with Gasteiger partial charge in [0.25, 0.3) is 0 Å². The molecule has 2 N–H and O–H groups in total. The molecule has 0 fully saturated rings. The summed E-state index contributed by atoms with van der Waals surface area (Å²) >= 11 is 7.55. The van der Waals surface area contributed by atoms with Crippen LogP contribution in [0.4, 0.5) is 0 Å². The number of aromatic nitrogens is 4. The third kappa shape index (κ3) is 5.62. The number of rotatable bonds is 6. The molecule has 2 aliphatic rings. The van der Waals surface area contributed by atoms with Gasteiger partial charge in [-0.3, -0.25) is 9.59 Å². The monoisotopic (exact) mass is 694 g/mol. The molecule has 0 saturated heterocycles. The first-order valence-corrected chi connectivity index (χ1v) is 15.2. The molecular formula is C32H32Br2N4O4. The molecule has 0 aromatic carbocycles. The summed E-state index contributed by atoms with van der Waals surface area (Å²) in [6, 6.07) is 8.12. The first-order valence-electron chi connectivity index (χ1n) is 13.6. The lowest BCUT2D eigenvalue weighted by Gasteiger charge is -2.06. The molecule has 0 unspecified atom stereocenters. The van der Waals surface area contributed by atoms with Gasteiger partial charge in [-0.2, -0.15) is 0 Å². The van der Waals surface area contributed by atoms with Crippen molar-refractivity contribution in [3.05, 3.63) is 67.1 Å². The van der Waals surface area contributed by atoms with Gasteiger partial charge in [0.1, 0.15) is 0 Å². The lowest BCUT2D eigenvalue weighted by Crippen LogP contribution is -2.01. The van der Waals surface area contributed by atoms with Gasteiger partial charge in [-0.1, -0.05) is 0 Å². The minimum absolute atomic E-state index is 0.235. The number of hydrogen-bond donors (Lipinski definition) is 2. The van der Waals surface area contributed by atoms with Gasteiger partial charge in [-0.15, -0.1) is 0 Å². The van der Waals surface area contributed by atoms with Crippen molar-refractivity contribution in [3.63, 3.8) is 0 Å². The van der Waals surface area contributed by atoms with Gasteiger partial charge >= 0.3 is 11.9 Å². The number of hydrogen-bond acceptors (Lipinski definition) is 6. The van der Waals surface area contributed by atoms with E-state index in [0.717, 1.165) is 87.2 Å². The van der Waals surface area contributed by atoms with E-state index in [2.05, 4.69) is 61.7 Å². The van der Waals surface area contributed by atoms with Crippen molar-refractivity contribution in [2.45, 2.75) is 53.4 Å². The fourth-order valence-electron chi connectivity index (χ4n) is 5.33. The Labute approximate surface area is 260 Å². The smallest absolute Gasteiger partial charge is 0.305 e. The minimum atomic E-state index is -0.280. The largest absolute Gasteiger partial charge is 0.469 e. The molecule has 0 amide bonds. The first kappa shape index (κ1) is 30.0. The van der Waals surface area contributed by atoms with Crippen LogP contribution < -0.4 is 0 Å². The summed E-state index contributed by atoms with van der Waals surface area (Å²) in [4.78, 5) is 41.4. The normalized spacial score (nSPS) is 13.1. The molecule has 0 atom stereocenters. The lowest BCUT2D eigenvalue weighted by atomic mass is 9.98. The number of carbonyl (C=O) groups is 2. The molecule has 5 rings (SSSR count). The van der Waals surface area contributed by atoms with Crippen LogP contribution in [0.3, 0.4) is 0 Å². The zero-order chi connectivity index (χ0) is 30.3. The van der Waals surface area contributed by atoms with E-state index in [1.807, 2.05) is 32.0 Å². The third-order valence-electron chi connectivity index (χ3n) is 7.99. The van der Waals surface area contributed by atoms with E-state index in [9.17, 15) is 9.59 Å². The van der Waals surface area contributed by atoms with E-state index >= 15 is 0 Å². The van der Waals surface area contributed by atoms with E-state index < -0.39 is 0 Å². The number of methoxy groups -OCH3 is 2. The number of carbonyl (C=O) groups excluding carboxylic acids is 2. The number of fused-ring (bicyclic) bond motifs is 8. The Balaban J connectivity index is 1.85. The Bertz CT molecular complexity index is 1730. The summed E-state index contributed by atoms with van der Waals surface area (Å²) in [7, 11) is 2.79. The van der Waals surface area contributed by atoms with Crippen molar-refractivity contribution in [3.8, 4) is 0 Å². The van der Waals surface area contributed by atoms with Crippen LogP contribution >= 0.6 is 31.9 Å². The van der Waals surface area contributed by atoms with Crippen molar-refractivity contribution in [1.29, 1.82) is 0 Å². The number of allylic oxidation sites excluding steroid dienone is 4. The molecule has 8 bridgehead atoms. The van der Waals surface area contributed by atoms with Crippen molar-refractivity contribution < 1.29 is 19.1 Å². The number of halogens is 2. The number of nitrogens with zero attached hydrogens (tertiary/aromatic N) is 2. The van der Waals surface area contributed by atoms with Crippen LogP contribution in [0.15, 0.2) is 33.2 Å². The summed E-state index contributed by atoms with van der Waals surface area (Å²) < 4.78 is 11.8. The predicted octanol–water partition coefficient (Wildman–Crippen LogP) is 8.22. The maximum absolute atomic E-state index is 12.1. The summed E-state index contributed by atoms with van der Waals surface area (Å²) in [6.45, 7) is 8.17. The summed E-state index contributed by atoms with van der Waals surface area (Å²) in [6.07, 6.45) is 1.42. The first-order chi connectivity index (χ1) is 20.0. The number of nitrogens with one attached hydrogen (secondary N) is 2. The third-order valence-corrected chi connectivity index (χ3v) is 10.0. The number of aryl methyl sites for hydroxylation is 2. The van der Waals surface area contributed by atoms with Crippen LogP contribution in [0.1, 0.15) is 73.4 Å². The lowest BCUT2D eigenvalue weighted by molar-refractivity contribution is -0.141. The van der Waals surface area contributed by atoms with Gasteiger partial charge in [0.2, 0.25) is 0 Å². The second kappa shape index (κ2) is 12.0. The van der Waals surface area contributed by atoms with Gasteiger partial charge in [0, 0.05) is 32.8 Å². The Morgan fingerprint density at radius 1 is 0.643 bits per heavy atom. The second-order valence-corrected chi connectivity index (χ2v) is 12.1. The average Bonchev–Trinajstić information content (AvgIpc) is 3.61. The van der Waals surface area contributed by atoms with Crippen molar-refractivity contribution in [2.75, 3.05) is 14.2 Å². The number of ether oxygens (including phenoxy) is 2. The molecule has 0 aliphatic carbocycles. The highest BCUT2D eigenvalue weighted by Gasteiger charge is 2.23. The molecule has 0 spiro atoms. The Morgan fingerprint density at radius 3 is 1.50 bits per heavy atom. The number of esters is 2. The summed E-state index contributed by atoms with van der Waals surface area (Å²) in [5, 5.41) is 0. The zero-order valence-electron chi connectivity index (χ0n) is 24.4. The van der Waals surface area contributed by atoms with Crippen LogP contribution in [0.25, 0.3) is 44.4 Å². The molecule has 8 nitrogen and oxygen atoms in total. The molecule has 218 valence electrons. The Kier molecular flexibility index (Phi) is 8.57. The summed E-state index contributed by atoms with van der Waals surface area (Å²) in [5.41, 5.74) is 12.9. The molecular weight excluding hydrogens is 664 g/mol. The predicted molar refractivity (Wildman–Crippen MR) is 173 cm³/mol. The Hall–Kier alpha value is -3.50. The van der Waals surface area contributed by atoms with E-state index in [1.54, 1.807) is 0 Å². The summed E-state index contributed by atoms with van der Waals surface area (Å²) in [5.74, 6) is -0.559. The van der Waals surface area contributed by atoms with Crippen LogP contribution in [-0.4, -0.2) is 46.1 Å². The van der Waals surface area contributed by atoms with Gasteiger partial charge in [-0.25, -0.2) is 9.97 Å². The maximum Gasteiger partial charge on any atom is 0.305 e. The van der Waals surface area contributed by atoms with Crippen molar-refractivity contribution in [1.82, 2.24) is 19.9 Å². The highest BCUT2D eigenvalue weighted by atomic mass is 79.9. The van der Waals surface area contributed by atoms with Crippen LogP contribution in [-0.2, 0) is 19.1 Å². The van der Waals surface area contributed by atoms with Crippen molar-refractivity contribution >= 4 is 88.2 Å². The van der Waals surface area contributed by atoms with Gasteiger partial charge in [0.15, 0.2) is 0 Å². The standard InChI is InChI=1S/C32H32Br2N4O4/c1-15-19(7-9-29(39)41-5)25-14-26-20(8-10-30(40)42-6)16(2)22(36-26)12-27-32(34)18(4)24(38-27)13-28-31(33)17(3)23(37-28)11-21(15)35-25/h11-14,37-38H,7-10H2,1-6H3. The quantitative estimate of drug-likeness (QED) is 0.252. The van der Waals surface area contributed by atoms with E-state index in [1.165, 1.54) is 14.2 Å². The van der Waals surface area contributed by atoms with Gasteiger partial charge in [-0.05, 0) is 130 Å². The van der Waals surface area contributed by atoms with Crippen LogP contribution in [0, 0.1) is 13.8 Å². The molecule has 5 heterocycles. The maximum atomic E-state index is 12.1. The highest BCUT2D eigenvalue weighted by Crippen LogP contribution is 2.38. The fraction of sp³-hybridized carbons (Fsp3) is 0.312. The number of aromatic amines is 2. The van der Waals surface area contributed by atoms with Crippen molar-refractivity contribution in [2.24, 2.45) is 0 Å².